The number of nitrogens with zero attached hydrogens (tertiary/aromatic N) is 2. The van der Waals surface area contributed by atoms with Crippen LogP contribution in [0.3, 0.4) is 0 Å². The third-order valence-corrected chi connectivity index (χ3v) is 5.69. The highest BCUT2D eigenvalue weighted by atomic mass is 16.5. The number of rotatable bonds is 5. The van der Waals surface area contributed by atoms with Crippen molar-refractivity contribution in [2.45, 2.75) is 51.6 Å². The Morgan fingerprint density at radius 3 is 2.62 bits per heavy atom. The number of esters is 2. The summed E-state index contributed by atoms with van der Waals surface area (Å²) in [5, 5.41) is 0. The molecule has 0 unspecified atom stereocenters. The van der Waals surface area contributed by atoms with Gasteiger partial charge in [0.15, 0.2) is 0 Å². The standard InChI is InChI=1S/C19H24N2O5/c1-4-19(18(24)26-5-2)10-13-7-9-15(19)21(13)16(22)14-8-6-12(11-20-14)17(23)25-3/h6,8,11,13,15H,4-5,7,9-10H2,1-3H3/t13-,15+,19+/m1/s1. The summed E-state index contributed by atoms with van der Waals surface area (Å²) in [4.78, 5) is 43.1. The van der Waals surface area contributed by atoms with Gasteiger partial charge in [0.2, 0.25) is 0 Å². The van der Waals surface area contributed by atoms with Crippen LogP contribution in [0, 0.1) is 5.41 Å². The molecule has 2 bridgehead atoms. The molecule has 26 heavy (non-hydrogen) atoms. The van der Waals surface area contributed by atoms with Gasteiger partial charge in [0.1, 0.15) is 5.69 Å². The van der Waals surface area contributed by atoms with Gasteiger partial charge < -0.3 is 14.4 Å². The van der Waals surface area contributed by atoms with Crippen molar-refractivity contribution in [1.29, 1.82) is 0 Å². The van der Waals surface area contributed by atoms with Crippen LogP contribution in [0.25, 0.3) is 0 Å². The predicted molar refractivity (Wildman–Crippen MR) is 92.5 cm³/mol. The smallest absolute Gasteiger partial charge is 0.339 e. The van der Waals surface area contributed by atoms with Crippen molar-refractivity contribution in [3.8, 4) is 0 Å². The molecule has 140 valence electrons. The zero-order valence-corrected chi connectivity index (χ0v) is 15.4. The van der Waals surface area contributed by atoms with Crippen molar-refractivity contribution < 1.29 is 23.9 Å². The van der Waals surface area contributed by atoms with Crippen molar-refractivity contribution in [2.24, 2.45) is 5.41 Å². The minimum Gasteiger partial charge on any atom is -0.466 e. The fourth-order valence-corrected chi connectivity index (χ4v) is 4.40. The first-order valence-corrected chi connectivity index (χ1v) is 9.02. The Labute approximate surface area is 152 Å². The van der Waals surface area contributed by atoms with E-state index in [9.17, 15) is 14.4 Å². The molecule has 7 nitrogen and oxygen atoms in total. The normalized spacial score (nSPS) is 26.7. The van der Waals surface area contributed by atoms with E-state index < -0.39 is 11.4 Å². The lowest BCUT2D eigenvalue weighted by atomic mass is 9.72. The lowest BCUT2D eigenvalue weighted by Crippen LogP contribution is -2.45. The van der Waals surface area contributed by atoms with Crippen LogP contribution in [-0.4, -0.2) is 53.5 Å². The number of methoxy groups -OCH3 is 1. The molecule has 0 spiro atoms. The average Bonchev–Trinajstić information content (AvgIpc) is 3.23. The SMILES string of the molecule is CCOC(=O)[C@@]1(CC)C[C@H]2CC[C@@H]1N2C(=O)c1ccc(C(=O)OC)cn1. The van der Waals surface area contributed by atoms with E-state index >= 15 is 0 Å². The molecule has 7 heteroatoms. The third-order valence-electron chi connectivity index (χ3n) is 5.69. The molecule has 0 radical (unpaired) electrons. The Morgan fingerprint density at radius 1 is 1.27 bits per heavy atom. The molecule has 2 fully saturated rings. The first-order valence-electron chi connectivity index (χ1n) is 9.02. The molecule has 0 N–H and O–H groups in total. The van der Waals surface area contributed by atoms with E-state index in [1.54, 1.807) is 11.8 Å². The zero-order chi connectivity index (χ0) is 18.9. The highest BCUT2D eigenvalue weighted by molar-refractivity contribution is 5.95. The van der Waals surface area contributed by atoms with E-state index in [4.69, 9.17) is 4.74 Å². The van der Waals surface area contributed by atoms with Crippen LogP contribution in [0.15, 0.2) is 18.3 Å². The van der Waals surface area contributed by atoms with Crippen LogP contribution >= 0.6 is 0 Å². The van der Waals surface area contributed by atoms with Gasteiger partial charge in [-0.25, -0.2) is 4.79 Å². The van der Waals surface area contributed by atoms with Crippen LogP contribution in [0.5, 0.6) is 0 Å². The fourth-order valence-electron chi connectivity index (χ4n) is 4.40. The second-order valence-corrected chi connectivity index (χ2v) is 6.82. The second kappa shape index (κ2) is 7.05. The number of fused-ring (bicyclic) bond motifs is 2. The summed E-state index contributed by atoms with van der Waals surface area (Å²) in [6.45, 7) is 4.11. The Bertz CT molecular complexity index is 717. The molecule has 2 saturated heterocycles. The molecular weight excluding hydrogens is 336 g/mol. The van der Waals surface area contributed by atoms with Crippen LogP contribution in [0.4, 0.5) is 0 Å². The molecule has 0 aromatic carbocycles. The van der Waals surface area contributed by atoms with Gasteiger partial charge >= 0.3 is 11.9 Å². The van der Waals surface area contributed by atoms with Gasteiger partial charge in [0.25, 0.3) is 5.91 Å². The monoisotopic (exact) mass is 360 g/mol. The molecule has 1 amide bonds. The fraction of sp³-hybridized carbons (Fsp3) is 0.579. The van der Waals surface area contributed by atoms with E-state index in [-0.39, 0.29) is 29.7 Å². The summed E-state index contributed by atoms with van der Waals surface area (Å²) in [5.41, 5.74) is -0.0613. The van der Waals surface area contributed by atoms with Crippen LogP contribution in [0.1, 0.15) is 60.4 Å². The lowest BCUT2D eigenvalue weighted by Gasteiger charge is -2.34. The topological polar surface area (TPSA) is 85.8 Å². The Balaban J connectivity index is 1.84. The minimum absolute atomic E-state index is 0.0268. The van der Waals surface area contributed by atoms with Gasteiger partial charge in [-0.05, 0) is 44.7 Å². The summed E-state index contributed by atoms with van der Waals surface area (Å²) < 4.78 is 9.96. The van der Waals surface area contributed by atoms with Crippen molar-refractivity contribution in [3.63, 3.8) is 0 Å². The number of hydrogen-bond acceptors (Lipinski definition) is 6. The number of hydrogen-bond donors (Lipinski definition) is 0. The first-order chi connectivity index (χ1) is 12.5. The second-order valence-electron chi connectivity index (χ2n) is 6.82. The molecule has 1 aromatic rings. The molecule has 3 atom stereocenters. The first kappa shape index (κ1) is 18.4. The summed E-state index contributed by atoms with van der Waals surface area (Å²) in [7, 11) is 1.29. The zero-order valence-electron chi connectivity index (χ0n) is 15.4. The maximum absolute atomic E-state index is 13.0. The predicted octanol–water partition coefficient (Wildman–Crippen LogP) is 2.20. The summed E-state index contributed by atoms with van der Waals surface area (Å²) in [6, 6.07) is 2.93. The lowest BCUT2D eigenvalue weighted by molar-refractivity contribution is -0.157. The van der Waals surface area contributed by atoms with Crippen molar-refractivity contribution >= 4 is 17.8 Å². The van der Waals surface area contributed by atoms with Gasteiger partial charge in [0.05, 0.1) is 24.7 Å². The summed E-state index contributed by atoms with van der Waals surface area (Å²) >= 11 is 0. The van der Waals surface area contributed by atoms with Crippen LogP contribution in [0.2, 0.25) is 0 Å². The Kier molecular flexibility index (Phi) is 4.98. The Morgan fingerprint density at radius 2 is 2.04 bits per heavy atom. The Hall–Kier alpha value is -2.44. The van der Waals surface area contributed by atoms with Gasteiger partial charge in [-0.15, -0.1) is 0 Å². The maximum atomic E-state index is 13.0. The summed E-state index contributed by atoms with van der Waals surface area (Å²) in [5.74, 6) is -0.903. The van der Waals surface area contributed by atoms with Gasteiger partial charge in [-0.3, -0.25) is 14.6 Å². The minimum atomic E-state index is -0.624. The van der Waals surface area contributed by atoms with Crippen LogP contribution < -0.4 is 0 Å². The number of carbonyl (C=O) groups is 3. The maximum Gasteiger partial charge on any atom is 0.339 e. The van der Waals surface area contributed by atoms with Crippen molar-refractivity contribution in [2.75, 3.05) is 13.7 Å². The molecule has 0 saturated carbocycles. The molecule has 3 rings (SSSR count). The third kappa shape index (κ3) is 2.75. The van der Waals surface area contributed by atoms with E-state index in [2.05, 4.69) is 9.72 Å². The van der Waals surface area contributed by atoms with Crippen molar-refractivity contribution in [3.05, 3.63) is 29.6 Å². The molecule has 0 aliphatic carbocycles. The molecule has 2 aliphatic heterocycles. The van der Waals surface area contributed by atoms with Crippen LogP contribution in [-0.2, 0) is 14.3 Å². The van der Waals surface area contributed by atoms with Gasteiger partial charge in [-0.2, -0.15) is 0 Å². The number of pyridine rings is 1. The van der Waals surface area contributed by atoms with Gasteiger partial charge in [0, 0.05) is 18.3 Å². The highest BCUT2D eigenvalue weighted by Crippen LogP contribution is 2.52. The van der Waals surface area contributed by atoms with E-state index in [1.807, 2.05) is 6.92 Å². The number of carbonyl (C=O) groups excluding carboxylic acids is 3. The molecule has 1 aromatic heterocycles. The largest absolute Gasteiger partial charge is 0.466 e. The highest BCUT2D eigenvalue weighted by Gasteiger charge is 2.61. The van der Waals surface area contributed by atoms with E-state index in [1.165, 1.54) is 25.4 Å². The average molecular weight is 360 g/mol. The van der Waals surface area contributed by atoms with E-state index in [0.717, 1.165) is 12.8 Å². The van der Waals surface area contributed by atoms with Crippen molar-refractivity contribution in [1.82, 2.24) is 9.88 Å². The van der Waals surface area contributed by atoms with E-state index in [0.29, 0.717) is 25.0 Å². The van der Waals surface area contributed by atoms with Gasteiger partial charge in [-0.1, -0.05) is 6.92 Å². The number of ether oxygens (including phenoxy) is 2. The number of amides is 1. The number of aromatic nitrogens is 1. The summed E-state index contributed by atoms with van der Waals surface area (Å²) in [6.07, 6.45) is 4.31. The molecule has 2 aliphatic rings. The molecule has 3 heterocycles. The molecular formula is C19H24N2O5. The quantitative estimate of drug-likeness (QED) is 0.749.